The lowest BCUT2D eigenvalue weighted by Crippen LogP contribution is -2.37. The van der Waals surface area contributed by atoms with E-state index in [1.165, 1.54) is 27.8 Å². The molecule has 1 aromatic heterocycles. The van der Waals surface area contributed by atoms with Gasteiger partial charge in [0, 0.05) is 5.39 Å². The van der Waals surface area contributed by atoms with E-state index in [1.807, 2.05) is 6.07 Å². The van der Waals surface area contributed by atoms with Crippen LogP contribution in [0.3, 0.4) is 0 Å². The Hall–Kier alpha value is -3.58. The molecule has 7 heteroatoms. The van der Waals surface area contributed by atoms with Gasteiger partial charge in [0.25, 0.3) is 11.8 Å². The average molecular weight is 413 g/mol. The second-order valence-electron chi connectivity index (χ2n) is 7.53. The summed E-state index contributed by atoms with van der Waals surface area (Å²) in [5.41, 5.74) is 4.20. The van der Waals surface area contributed by atoms with E-state index in [-0.39, 0.29) is 6.54 Å². The Morgan fingerprint density at radius 1 is 1.00 bits per heavy atom. The first-order chi connectivity index (χ1) is 14.6. The number of anilines is 1. The van der Waals surface area contributed by atoms with Crippen molar-refractivity contribution in [3.8, 4) is 0 Å². The molecule has 2 aliphatic rings. The van der Waals surface area contributed by atoms with Crippen LogP contribution in [0.15, 0.2) is 48.5 Å². The molecule has 0 radical (unpaired) electrons. The summed E-state index contributed by atoms with van der Waals surface area (Å²) in [4.78, 5) is 43.2. The average Bonchev–Trinajstić information content (AvgIpc) is 3.41. The maximum atomic E-state index is 12.6. The molecule has 0 saturated carbocycles. The van der Waals surface area contributed by atoms with Crippen molar-refractivity contribution < 1.29 is 14.4 Å². The monoisotopic (exact) mass is 413 g/mol. The Balaban J connectivity index is 1.28. The van der Waals surface area contributed by atoms with Crippen LogP contribution in [0.25, 0.3) is 21.0 Å². The second kappa shape index (κ2) is 6.21. The first kappa shape index (κ1) is 17.3. The number of rotatable bonds is 3. The maximum Gasteiger partial charge on any atom is 0.262 e. The Morgan fingerprint density at radius 3 is 2.50 bits per heavy atom. The van der Waals surface area contributed by atoms with Crippen molar-refractivity contribution in [1.29, 1.82) is 0 Å². The lowest BCUT2D eigenvalue weighted by atomic mass is 10.0. The molecule has 0 fully saturated rings. The number of amides is 3. The minimum Gasteiger partial charge on any atom is -0.300 e. The highest BCUT2D eigenvalue weighted by Gasteiger charge is 2.36. The number of hydrogen-bond acceptors (Lipinski definition) is 5. The summed E-state index contributed by atoms with van der Waals surface area (Å²) < 4.78 is 1.02. The summed E-state index contributed by atoms with van der Waals surface area (Å²) in [5.74, 6) is -1.33. The van der Waals surface area contributed by atoms with Gasteiger partial charge in [0.05, 0.1) is 21.3 Å². The molecule has 2 heterocycles. The Labute approximate surface area is 175 Å². The van der Waals surface area contributed by atoms with Crippen LogP contribution in [0.1, 0.15) is 31.8 Å². The molecule has 3 amide bonds. The summed E-state index contributed by atoms with van der Waals surface area (Å²) in [6, 6.07) is 15.0. The first-order valence-electron chi connectivity index (χ1n) is 9.69. The molecule has 1 aliphatic carbocycles. The number of fused-ring (bicyclic) bond motifs is 3. The van der Waals surface area contributed by atoms with Crippen molar-refractivity contribution in [3.63, 3.8) is 0 Å². The molecule has 4 aromatic rings. The number of carbonyl (C=O) groups excluding carboxylic acids is 3. The van der Waals surface area contributed by atoms with Gasteiger partial charge in [-0.3, -0.25) is 19.3 Å². The predicted molar refractivity (Wildman–Crippen MR) is 115 cm³/mol. The van der Waals surface area contributed by atoms with Crippen molar-refractivity contribution in [3.05, 3.63) is 70.8 Å². The standard InChI is InChI=1S/C23H15N3O3S/c27-18(11-26-21(28)14-5-1-2-6-15(14)22(26)29)24-23-25-20-16-7-3-4-12-8-9-13(19(12)16)10-17(20)30-23/h1-7,10H,8-9,11H2,(H,24,25,27). The fraction of sp³-hybridized carbons (Fsp3) is 0.130. The third-order valence-corrected chi connectivity index (χ3v) is 6.69. The van der Waals surface area contributed by atoms with Crippen molar-refractivity contribution >= 4 is 55.2 Å². The van der Waals surface area contributed by atoms with Crippen LogP contribution in [-0.4, -0.2) is 34.2 Å². The van der Waals surface area contributed by atoms with Crippen LogP contribution < -0.4 is 5.32 Å². The highest BCUT2D eigenvalue weighted by atomic mass is 32.1. The van der Waals surface area contributed by atoms with Crippen LogP contribution in [0.5, 0.6) is 0 Å². The van der Waals surface area contributed by atoms with Gasteiger partial charge in [-0.15, -0.1) is 0 Å². The first-order valence-corrected chi connectivity index (χ1v) is 10.5. The molecule has 3 aromatic carbocycles. The second-order valence-corrected chi connectivity index (χ2v) is 8.56. The van der Waals surface area contributed by atoms with E-state index in [0.29, 0.717) is 16.3 Å². The summed E-state index contributed by atoms with van der Waals surface area (Å²) in [5, 5.41) is 5.62. The third kappa shape index (κ3) is 2.42. The van der Waals surface area contributed by atoms with Gasteiger partial charge in [-0.2, -0.15) is 0 Å². The largest absolute Gasteiger partial charge is 0.300 e. The fourth-order valence-corrected chi connectivity index (χ4v) is 5.41. The quantitative estimate of drug-likeness (QED) is 0.519. The number of benzene rings is 3. The molecular weight excluding hydrogens is 398 g/mol. The van der Waals surface area contributed by atoms with Crippen molar-refractivity contribution in [2.75, 3.05) is 11.9 Å². The zero-order valence-corrected chi connectivity index (χ0v) is 16.6. The molecule has 0 spiro atoms. The van der Waals surface area contributed by atoms with Crippen molar-refractivity contribution in [2.45, 2.75) is 12.8 Å². The fourth-order valence-electron chi connectivity index (χ4n) is 4.44. The zero-order chi connectivity index (χ0) is 20.4. The van der Waals surface area contributed by atoms with E-state index in [4.69, 9.17) is 0 Å². The Kier molecular flexibility index (Phi) is 3.58. The van der Waals surface area contributed by atoms with E-state index < -0.39 is 17.7 Å². The molecule has 0 atom stereocenters. The SMILES string of the molecule is O=C(CN1C(=O)c2ccccc2C1=O)Nc1nc2c(cc3c4c(cccc42)CC3)s1. The van der Waals surface area contributed by atoms with Gasteiger partial charge in [0.2, 0.25) is 5.91 Å². The summed E-state index contributed by atoms with van der Waals surface area (Å²) in [6.07, 6.45) is 2.07. The number of aromatic nitrogens is 1. The van der Waals surface area contributed by atoms with Crippen LogP contribution in [-0.2, 0) is 17.6 Å². The number of aryl methyl sites for hydroxylation is 2. The minimum atomic E-state index is -0.444. The smallest absolute Gasteiger partial charge is 0.262 e. The number of nitrogens with one attached hydrogen (secondary N) is 1. The predicted octanol–water partition coefficient (Wildman–Crippen LogP) is 3.78. The summed E-state index contributed by atoms with van der Waals surface area (Å²) >= 11 is 1.41. The minimum absolute atomic E-state index is 0.333. The van der Waals surface area contributed by atoms with E-state index in [9.17, 15) is 14.4 Å². The van der Waals surface area contributed by atoms with Gasteiger partial charge in [0.1, 0.15) is 6.54 Å². The van der Waals surface area contributed by atoms with Crippen LogP contribution in [0.4, 0.5) is 5.13 Å². The van der Waals surface area contributed by atoms with Gasteiger partial charge < -0.3 is 5.32 Å². The zero-order valence-electron chi connectivity index (χ0n) is 15.8. The van der Waals surface area contributed by atoms with Crippen LogP contribution in [0.2, 0.25) is 0 Å². The van der Waals surface area contributed by atoms with Gasteiger partial charge >= 0.3 is 0 Å². The number of nitrogens with zero attached hydrogens (tertiary/aromatic N) is 2. The molecule has 0 saturated heterocycles. The van der Waals surface area contributed by atoms with Crippen molar-refractivity contribution in [1.82, 2.24) is 9.88 Å². The topological polar surface area (TPSA) is 79.4 Å². The number of thiazole rings is 1. The Morgan fingerprint density at radius 2 is 1.73 bits per heavy atom. The highest BCUT2D eigenvalue weighted by Crippen LogP contribution is 2.39. The molecule has 30 heavy (non-hydrogen) atoms. The number of hydrogen-bond donors (Lipinski definition) is 1. The molecule has 1 N–H and O–H groups in total. The summed E-state index contributed by atoms with van der Waals surface area (Å²) in [7, 11) is 0. The summed E-state index contributed by atoms with van der Waals surface area (Å²) in [6.45, 7) is -0.335. The lowest BCUT2D eigenvalue weighted by Gasteiger charge is -2.12. The van der Waals surface area contributed by atoms with Gasteiger partial charge in [-0.05, 0) is 47.6 Å². The van der Waals surface area contributed by atoms with E-state index in [2.05, 4.69) is 28.5 Å². The molecule has 0 bridgehead atoms. The molecule has 146 valence electrons. The van der Waals surface area contributed by atoms with E-state index in [0.717, 1.165) is 33.3 Å². The number of carbonyl (C=O) groups is 3. The normalized spacial score (nSPS) is 14.7. The van der Waals surface area contributed by atoms with Gasteiger partial charge in [0.15, 0.2) is 5.13 Å². The van der Waals surface area contributed by atoms with Gasteiger partial charge in [-0.25, -0.2) is 4.98 Å². The molecule has 6 rings (SSSR count). The number of imide groups is 1. The Bertz CT molecular complexity index is 1390. The van der Waals surface area contributed by atoms with Crippen LogP contribution in [0, 0.1) is 0 Å². The van der Waals surface area contributed by atoms with Crippen LogP contribution >= 0.6 is 11.3 Å². The van der Waals surface area contributed by atoms with E-state index in [1.54, 1.807) is 24.3 Å². The molecule has 6 nitrogen and oxygen atoms in total. The molecular formula is C23H15N3O3S. The lowest BCUT2D eigenvalue weighted by molar-refractivity contribution is -0.116. The third-order valence-electron chi connectivity index (χ3n) is 5.78. The maximum absolute atomic E-state index is 12.6. The highest BCUT2D eigenvalue weighted by molar-refractivity contribution is 7.22. The van der Waals surface area contributed by atoms with E-state index >= 15 is 0 Å². The molecule has 1 aliphatic heterocycles. The van der Waals surface area contributed by atoms with Gasteiger partial charge in [-0.1, -0.05) is 41.7 Å². The van der Waals surface area contributed by atoms with Crippen molar-refractivity contribution in [2.24, 2.45) is 0 Å². The molecule has 0 unspecified atom stereocenters.